The number of rotatable bonds is 0. The van der Waals surface area contributed by atoms with Crippen LogP contribution in [0.25, 0.3) is 10.9 Å². The van der Waals surface area contributed by atoms with Gasteiger partial charge in [-0.3, -0.25) is 4.98 Å². The summed E-state index contributed by atoms with van der Waals surface area (Å²) in [6.07, 6.45) is 1.63. The minimum atomic E-state index is 0. The summed E-state index contributed by atoms with van der Waals surface area (Å²) >= 11 is 8.00. The molecule has 1 heterocycles. The number of aromatic hydroxyl groups is 1. The summed E-state index contributed by atoms with van der Waals surface area (Å²) in [6.45, 7) is 0. The quantitative estimate of drug-likeness (QED) is 0.570. The fraction of sp³-hybridized carbons (Fsp3) is 0. The SMILES string of the molecule is Oc1c(I)cc(Cl)c2cccnc12.[67Ga+3]. The molecule has 1 aromatic carbocycles. The Balaban J connectivity index is 0.000000980. The monoisotopic (exact) mass is 372 g/mol. The predicted molar refractivity (Wildman–Crippen MR) is 66.9 cm³/mol. The largest absolute Gasteiger partial charge is 3.00 e. The molecule has 14 heavy (non-hydrogen) atoms. The van der Waals surface area contributed by atoms with Gasteiger partial charge in [0.05, 0.1) is 8.59 Å². The zero-order valence-electron chi connectivity index (χ0n) is 7.04. The first-order valence-corrected chi connectivity index (χ1v) is 5.07. The van der Waals surface area contributed by atoms with Crippen LogP contribution in [-0.2, 0) is 0 Å². The third-order valence-corrected chi connectivity index (χ3v) is 2.90. The maximum absolute atomic E-state index is 9.65. The summed E-state index contributed by atoms with van der Waals surface area (Å²) in [7, 11) is 0. The van der Waals surface area contributed by atoms with Gasteiger partial charge in [-0.15, -0.1) is 0 Å². The van der Waals surface area contributed by atoms with Crippen molar-refractivity contribution >= 4 is 64.9 Å². The number of phenolic OH excluding ortho intramolecular Hbond substituents is 1. The van der Waals surface area contributed by atoms with E-state index in [0.717, 1.165) is 5.39 Å². The second-order valence-corrected chi connectivity index (χ2v) is 4.16. The molecule has 66 valence electrons. The molecule has 0 saturated carbocycles. The number of hydrogen-bond acceptors (Lipinski definition) is 2. The first-order chi connectivity index (χ1) is 6.20. The normalized spacial score (nSPS) is 9.86. The maximum atomic E-state index is 9.65. The van der Waals surface area contributed by atoms with Gasteiger partial charge in [-0.05, 0) is 40.8 Å². The molecule has 0 aliphatic rings. The standard InChI is InChI=1S/C9H5ClINO.Ga/c10-6-4-7(11)9(13)8-5(6)2-1-3-12-8;/h1-4,13H;/q;+3/i;1-3. The van der Waals surface area contributed by atoms with Gasteiger partial charge < -0.3 is 5.11 Å². The summed E-state index contributed by atoms with van der Waals surface area (Å²) in [4.78, 5) is 4.06. The van der Waals surface area contributed by atoms with E-state index < -0.39 is 0 Å². The fourth-order valence-corrected chi connectivity index (χ4v) is 2.17. The van der Waals surface area contributed by atoms with Crippen LogP contribution in [0.5, 0.6) is 5.75 Å². The van der Waals surface area contributed by atoms with E-state index in [9.17, 15) is 5.11 Å². The van der Waals surface area contributed by atoms with Crippen LogP contribution in [-0.4, -0.2) is 29.9 Å². The topological polar surface area (TPSA) is 33.1 Å². The third-order valence-electron chi connectivity index (χ3n) is 1.77. The zero-order valence-corrected chi connectivity index (χ0v) is 12.4. The molecular weight excluding hydrogens is 367 g/mol. The van der Waals surface area contributed by atoms with Crippen molar-refractivity contribution in [3.63, 3.8) is 0 Å². The Morgan fingerprint density at radius 2 is 2.14 bits per heavy atom. The van der Waals surface area contributed by atoms with Crippen molar-refractivity contribution in [3.8, 4) is 5.75 Å². The molecule has 2 nitrogen and oxygen atoms in total. The van der Waals surface area contributed by atoms with E-state index in [1.807, 2.05) is 28.7 Å². The molecule has 2 rings (SSSR count). The molecule has 5 heteroatoms. The summed E-state index contributed by atoms with van der Waals surface area (Å²) in [5, 5.41) is 11.0. The number of fused-ring (bicyclic) bond motifs is 1. The number of hydrogen-bond donors (Lipinski definition) is 1. The molecule has 0 saturated heterocycles. The van der Waals surface area contributed by atoms with E-state index >= 15 is 0 Å². The third kappa shape index (κ3) is 2.02. The molecule has 0 atom stereocenters. The molecule has 2 aromatic rings. The van der Waals surface area contributed by atoms with Gasteiger partial charge in [0.2, 0.25) is 0 Å². The Hall–Kier alpha value is 0.0864. The number of pyridine rings is 1. The Morgan fingerprint density at radius 3 is 2.86 bits per heavy atom. The van der Waals surface area contributed by atoms with Crippen molar-refractivity contribution in [2.24, 2.45) is 0 Å². The Bertz CT molecular complexity index is 478. The van der Waals surface area contributed by atoms with Crippen molar-refractivity contribution in [3.05, 3.63) is 33.0 Å². The average Bonchev–Trinajstić information content (AvgIpc) is 2.15. The minimum Gasteiger partial charge on any atom is -0.505 e. The molecule has 0 bridgehead atoms. The second-order valence-electron chi connectivity index (χ2n) is 2.59. The van der Waals surface area contributed by atoms with Crippen molar-refractivity contribution in [2.45, 2.75) is 0 Å². The van der Waals surface area contributed by atoms with Crippen LogP contribution >= 0.6 is 34.2 Å². The second kappa shape index (κ2) is 4.74. The van der Waals surface area contributed by atoms with Crippen molar-refractivity contribution in [2.75, 3.05) is 0 Å². The van der Waals surface area contributed by atoms with E-state index in [1.165, 1.54) is 0 Å². The molecule has 0 amide bonds. The molecule has 0 radical (unpaired) electrons. The van der Waals surface area contributed by atoms with Crippen LogP contribution in [0.2, 0.25) is 5.02 Å². The van der Waals surface area contributed by atoms with E-state index in [4.69, 9.17) is 11.6 Å². The fourth-order valence-electron chi connectivity index (χ4n) is 1.16. The molecule has 0 aliphatic carbocycles. The minimum absolute atomic E-state index is 0. The molecule has 1 aromatic heterocycles. The van der Waals surface area contributed by atoms with Crippen LogP contribution in [0, 0.1) is 3.57 Å². The van der Waals surface area contributed by atoms with Gasteiger partial charge in [-0.25, -0.2) is 0 Å². The van der Waals surface area contributed by atoms with E-state index in [0.29, 0.717) is 14.1 Å². The first kappa shape index (κ1) is 12.2. The van der Waals surface area contributed by atoms with Crippen molar-refractivity contribution < 1.29 is 5.11 Å². The van der Waals surface area contributed by atoms with Gasteiger partial charge in [0, 0.05) is 11.6 Å². The van der Waals surface area contributed by atoms with Crippen LogP contribution < -0.4 is 0 Å². The van der Waals surface area contributed by atoms with E-state index in [1.54, 1.807) is 18.3 Å². The molecule has 1 N–H and O–H groups in total. The van der Waals surface area contributed by atoms with E-state index in [2.05, 4.69) is 4.98 Å². The summed E-state index contributed by atoms with van der Waals surface area (Å²) in [5.74, 6) is 0.195. The molecular formula is C9H5ClGaINO+3. The molecule has 0 aliphatic heterocycles. The molecule has 0 fully saturated rings. The summed E-state index contributed by atoms with van der Waals surface area (Å²) in [5.41, 5.74) is 0.555. The first-order valence-electron chi connectivity index (χ1n) is 3.62. The van der Waals surface area contributed by atoms with Gasteiger partial charge in [-0.2, -0.15) is 0 Å². The Labute approximate surface area is 113 Å². The number of benzene rings is 1. The molecule has 0 spiro atoms. The van der Waals surface area contributed by atoms with Gasteiger partial charge in [0.15, 0.2) is 5.75 Å². The number of aromatic nitrogens is 1. The Morgan fingerprint density at radius 1 is 1.43 bits per heavy atom. The number of halogens is 2. The number of nitrogens with zero attached hydrogens (tertiary/aromatic N) is 1. The molecule has 0 unspecified atom stereocenters. The summed E-state index contributed by atoms with van der Waals surface area (Å²) in [6, 6.07) is 5.35. The van der Waals surface area contributed by atoms with Crippen molar-refractivity contribution in [1.29, 1.82) is 0 Å². The van der Waals surface area contributed by atoms with Crippen LogP contribution in [0.3, 0.4) is 0 Å². The zero-order chi connectivity index (χ0) is 9.42. The van der Waals surface area contributed by atoms with Gasteiger partial charge in [0.25, 0.3) is 0 Å². The van der Waals surface area contributed by atoms with Crippen molar-refractivity contribution in [1.82, 2.24) is 4.98 Å². The van der Waals surface area contributed by atoms with Gasteiger partial charge >= 0.3 is 19.8 Å². The van der Waals surface area contributed by atoms with Crippen LogP contribution in [0.15, 0.2) is 24.4 Å². The summed E-state index contributed by atoms with van der Waals surface area (Å²) < 4.78 is 0.716. The van der Waals surface area contributed by atoms with Gasteiger partial charge in [-0.1, -0.05) is 11.6 Å². The van der Waals surface area contributed by atoms with Gasteiger partial charge in [0.1, 0.15) is 5.52 Å². The Kier molecular flexibility index (Phi) is 4.11. The average molecular weight is 372 g/mol. The van der Waals surface area contributed by atoms with Crippen LogP contribution in [0.1, 0.15) is 0 Å². The smallest absolute Gasteiger partial charge is 0.505 e. The predicted octanol–water partition coefficient (Wildman–Crippen LogP) is 2.82. The maximum Gasteiger partial charge on any atom is 3.00 e. The number of phenols is 1. The van der Waals surface area contributed by atoms with E-state index in [-0.39, 0.29) is 25.5 Å². The van der Waals surface area contributed by atoms with Crippen LogP contribution in [0.4, 0.5) is 0 Å².